The van der Waals surface area contributed by atoms with E-state index >= 15 is 0 Å². The van der Waals surface area contributed by atoms with E-state index in [1.807, 2.05) is 13.8 Å². The molecule has 20 heavy (non-hydrogen) atoms. The fourth-order valence-corrected chi connectivity index (χ4v) is 2.79. The van der Waals surface area contributed by atoms with E-state index in [0.717, 1.165) is 56.3 Å². The molecule has 1 aliphatic rings. The second kappa shape index (κ2) is 6.90. The third-order valence-electron chi connectivity index (χ3n) is 3.84. The normalized spacial score (nSPS) is 16.4. The van der Waals surface area contributed by atoms with Gasteiger partial charge in [-0.25, -0.2) is 0 Å². The summed E-state index contributed by atoms with van der Waals surface area (Å²) >= 11 is 0. The monoisotopic (exact) mass is 279 g/mol. The molecule has 2 rings (SSSR count). The first-order valence-electron chi connectivity index (χ1n) is 7.38. The van der Waals surface area contributed by atoms with Crippen LogP contribution >= 0.6 is 0 Å². The molecule has 1 fully saturated rings. The van der Waals surface area contributed by atoms with Crippen LogP contribution in [0.4, 0.5) is 0 Å². The molecule has 1 aromatic heterocycles. The first kappa shape index (κ1) is 15.1. The van der Waals surface area contributed by atoms with E-state index in [9.17, 15) is 4.79 Å². The minimum Gasteiger partial charge on any atom is -0.379 e. The zero-order chi connectivity index (χ0) is 14.5. The number of ether oxygens (including phenoxy) is 1. The van der Waals surface area contributed by atoms with E-state index < -0.39 is 0 Å². The van der Waals surface area contributed by atoms with Crippen LogP contribution in [0.1, 0.15) is 28.7 Å². The van der Waals surface area contributed by atoms with Gasteiger partial charge in [0, 0.05) is 38.4 Å². The molecule has 0 radical (unpaired) electrons. The summed E-state index contributed by atoms with van der Waals surface area (Å²) in [5.74, 6) is 0.0331. The Labute approximate surface area is 120 Å². The maximum atomic E-state index is 12.3. The Morgan fingerprint density at radius 3 is 2.70 bits per heavy atom. The fraction of sp³-hybridized carbons (Fsp3) is 0.667. The third kappa shape index (κ3) is 3.41. The van der Waals surface area contributed by atoms with Crippen molar-refractivity contribution in [1.29, 1.82) is 0 Å². The molecule has 5 nitrogen and oxygen atoms in total. The van der Waals surface area contributed by atoms with Crippen LogP contribution in [0.5, 0.6) is 0 Å². The van der Waals surface area contributed by atoms with Crippen LogP contribution in [0.15, 0.2) is 6.07 Å². The SMILES string of the molecule is CCn1c(C)cc(C)c1C(=O)NCCN1CCOCC1. The van der Waals surface area contributed by atoms with Gasteiger partial charge in [0.05, 0.1) is 13.2 Å². The lowest BCUT2D eigenvalue weighted by atomic mass is 10.2. The number of carbonyl (C=O) groups is 1. The van der Waals surface area contributed by atoms with Crippen LogP contribution in [-0.2, 0) is 11.3 Å². The molecule has 1 saturated heterocycles. The topological polar surface area (TPSA) is 46.5 Å². The zero-order valence-electron chi connectivity index (χ0n) is 12.7. The number of nitrogens with one attached hydrogen (secondary N) is 1. The van der Waals surface area contributed by atoms with Gasteiger partial charge in [-0.15, -0.1) is 0 Å². The van der Waals surface area contributed by atoms with Crippen LogP contribution in [0.25, 0.3) is 0 Å². The lowest BCUT2D eigenvalue weighted by Crippen LogP contribution is -2.41. The van der Waals surface area contributed by atoms with Crippen molar-refractivity contribution >= 4 is 5.91 Å². The molecule has 0 saturated carbocycles. The minimum absolute atomic E-state index is 0.0331. The summed E-state index contributed by atoms with van der Waals surface area (Å²) in [6.45, 7) is 12.0. The summed E-state index contributed by atoms with van der Waals surface area (Å²) in [5, 5.41) is 3.03. The lowest BCUT2D eigenvalue weighted by Gasteiger charge is -2.26. The molecule has 0 aliphatic carbocycles. The van der Waals surface area contributed by atoms with Gasteiger partial charge >= 0.3 is 0 Å². The number of nitrogens with zero attached hydrogens (tertiary/aromatic N) is 2. The number of hydrogen-bond donors (Lipinski definition) is 1. The molecular weight excluding hydrogens is 254 g/mol. The van der Waals surface area contributed by atoms with Crippen molar-refractivity contribution in [3.05, 3.63) is 23.0 Å². The standard InChI is InChI=1S/C15H25N3O2/c1-4-18-13(3)11-12(2)14(18)15(19)16-5-6-17-7-9-20-10-8-17/h11H,4-10H2,1-3H3,(H,16,19). The van der Waals surface area contributed by atoms with E-state index in [4.69, 9.17) is 4.74 Å². The van der Waals surface area contributed by atoms with Crippen LogP contribution in [0.3, 0.4) is 0 Å². The average molecular weight is 279 g/mol. The molecule has 2 heterocycles. The summed E-state index contributed by atoms with van der Waals surface area (Å²) in [5.41, 5.74) is 2.99. The molecule has 1 aliphatic heterocycles. The van der Waals surface area contributed by atoms with Crippen molar-refractivity contribution in [1.82, 2.24) is 14.8 Å². The summed E-state index contributed by atoms with van der Waals surface area (Å²) < 4.78 is 7.38. The van der Waals surface area contributed by atoms with Gasteiger partial charge in [0.1, 0.15) is 5.69 Å². The Hall–Kier alpha value is -1.33. The second-order valence-electron chi connectivity index (χ2n) is 5.27. The van der Waals surface area contributed by atoms with E-state index in [2.05, 4.69) is 27.8 Å². The number of carbonyl (C=O) groups excluding carboxylic acids is 1. The molecule has 112 valence electrons. The quantitative estimate of drug-likeness (QED) is 0.880. The Balaban J connectivity index is 1.88. The number of amides is 1. The van der Waals surface area contributed by atoms with Crippen LogP contribution < -0.4 is 5.32 Å². The lowest BCUT2D eigenvalue weighted by molar-refractivity contribution is 0.0383. The van der Waals surface area contributed by atoms with E-state index in [1.54, 1.807) is 0 Å². The second-order valence-corrected chi connectivity index (χ2v) is 5.27. The van der Waals surface area contributed by atoms with E-state index in [0.29, 0.717) is 6.54 Å². The Bertz CT molecular complexity index is 462. The van der Waals surface area contributed by atoms with Gasteiger partial charge in [0.2, 0.25) is 0 Å². The number of aryl methyl sites for hydroxylation is 2. The number of rotatable bonds is 5. The van der Waals surface area contributed by atoms with Gasteiger partial charge in [-0.2, -0.15) is 0 Å². The van der Waals surface area contributed by atoms with Crippen LogP contribution in [-0.4, -0.2) is 54.8 Å². The van der Waals surface area contributed by atoms with E-state index in [1.165, 1.54) is 0 Å². The molecule has 0 atom stereocenters. The van der Waals surface area contributed by atoms with Gasteiger partial charge in [-0.1, -0.05) is 0 Å². The smallest absolute Gasteiger partial charge is 0.268 e. The number of aromatic nitrogens is 1. The van der Waals surface area contributed by atoms with Gasteiger partial charge in [0.25, 0.3) is 5.91 Å². The fourth-order valence-electron chi connectivity index (χ4n) is 2.79. The number of morpholine rings is 1. The van der Waals surface area contributed by atoms with Gasteiger partial charge < -0.3 is 14.6 Å². The largest absolute Gasteiger partial charge is 0.379 e. The molecule has 5 heteroatoms. The first-order valence-corrected chi connectivity index (χ1v) is 7.38. The zero-order valence-corrected chi connectivity index (χ0v) is 12.7. The highest BCUT2D eigenvalue weighted by Crippen LogP contribution is 2.14. The van der Waals surface area contributed by atoms with Crippen molar-refractivity contribution in [2.24, 2.45) is 0 Å². The van der Waals surface area contributed by atoms with Crippen molar-refractivity contribution in [2.75, 3.05) is 39.4 Å². The Morgan fingerprint density at radius 2 is 2.05 bits per heavy atom. The highest BCUT2D eigenvalue weighted by Gasteiger charge is 2.16. The molecule has 0 unspecified atom stereocenters. The van der Waals surface area contributed by atoms with Crippen molar-refractivity contribution in [2.45, 2.75) is 27.3 Å². The number of hydrogen-bond acceptors (Lipinski definition) is 3. The molecule has 1 amide bonds. The van der Waals surface area contributed by atoms with Crippen molar-refractivity contribution in [3.63, 3.8) is 0 Å². The van der Waals surface area contributed by atoms with E-state index in [-0.39, 0.29) is 5.91 Å². The summed E-state index contributed by atoms with van der Waals surface area (Å²) in [6, 6.07) is 2.07. The van der Waals surface area contributed by atoms with Gasteiger partial charge in [0.15, 0.2) is 0 Å². The summed E-state index contributed by atoms with van der Waals surface area (Å²) in [4.78, 5) is 14.6. The van der Waals surface area contributed by atoms with Gasteiger partial charge in [-0.05, 0) is 32.4 Å². The Morgan fingerprint density at radius 1 is 1.35 bits per heavy atom. The minimum atomic E-state index is 0.0331. The summed E-state index contributed by atoms with van der Waals surface area (Å²) in [7, 11) is 0. The molecular formula is C15H25N3O2. The molecule has 0 aromatic carbocycles. The third-order valence-corrected chi connectivity index (χ3v) is 3.84. The van der Waals surface area contributed by atoms with Crippen LogP contribution in [0, 0.1) is 13.8 Å². The molecule has 0 spiro atoms. The Kier molecular flexibility index (Phi) is 5.20. The maximum Gasteiger partial charge on any atom is 0.268 e. The molecule has 0 bridgehead atoms. The maximum absolute atomic E-state index is 12.3. The average Bonchev–Trinajstić information content (AvgIpc) is 2.73. The van der Waals surface area contributed by atoms with Crippen LogP contribution in [0.2, 0.25) is 0 Å². The molecule has 1 aromatic rings. The van der Waals surface area contributed by atoms with Crippen molar-refractivity contribution in [3.8, 4) is 0 Å². The van der Waals surface area contributed by atoms with Crippen molar-refractivity contribution < 1.29 is 9.53 Å². The predicted molar refractivity (Wildman–Crippen MR) is 79.2 cm³/mol. The van der Waals surface area contributed by atoms with Gasteiger partial charge in [-0.3, -0.25) is 9.69 Å². The molecule has 1 N–H and O–H groups in total. The summed E-state index contributed by atoms with van der Waals surface area (Å²) in [6.07, 6.45) is 0. The first-order chi connectivity index (χ1) is 9.63. The highest BCUT2D eigenvalue weighted by molar-refractivity contribution is 5.94. The predicted octanol–water partition coefficient (Wildman–Crippen LogP) is 1.19. The highest BCUT2D eigenvalue weighted by atomic mass is 16.5.